The van der Waals surface area contributed by atoms with Crippen LogP contribution in [-0.2, 0) is 18.4 Å². The van der Waals surface area contributed by atoms with E-state index in [0.717, 1.165) is 30.7 Å². The maximum Gasteiger partial charge on any atom is 0.139 e. The summed E-state index contributed by atoms with van der Waals surface area (Å²) in [7, 11) is 0. The van der Waals surface area contributed by atoms with Gasteiger partial charge in [-0.25, -0.2) is 0 Å². The number of hydrogen-bond acceptors (Lipinski definition) is 2. The minimum Gasteiger partial charge on any atom is -0.315 e. The topological polar surface area (TPSA) is 30.7 Å². The van der Waals surface area contributed by atoms with Crippen molar-refractivity contribution in [2.75, 3.05) is 0 Å². The summed E-state index contributed by atoms with van der Waals surface area (Å²) in [6.45, 7) is 5.53. The van der Waals surface area contributed by atoms with Crippen molar-refractivity contribution in [3.63, 3.8) is 0 Å². The molecule has 0 aromatic carbocycles. The number of rotatable bonds is 4. The fourth-order valence-corrected chi connectivity index (χ4v) is 5.85. The van der Waals surface area contributed by atoms with Gasteiger partial charge < -0.3 is 4.57 Å². The van der Waals surface area contributed by atoms with Crippen molar-refractivity contribution in [3.05, 3.63) is 11.6 Å². The standard InChI is InChI=1S/C17H27N3/c1-3-5-15-18-19-16(20(15)4-2)17-9-12-6-13(10-17)8-14(7-12)11-17/h12-14H,3-11H2,1-2H3. The van der Waals surface area contributed by atoms with Crippen LogP contribution in [0.5, 0.6) is 0 Å². The van der Waals surface area contributed by atoms with Crippen molar-refractivity contribution in [1.82, 2.24) is 14.8 Å². The molecule has 110 valence electrons. The molecule has 4 saturated carbocycles. The molecule has 0 atom stereocenters. The van der Waals surface area contributed by atoms with E-state index >= 15 is 0 Å². The third kappa shape index (κ3) is 1.78. The molecule has 0 unspecified atom stereocenters. The van der Waals surface area contributed by atoms with Crippen LogP contribution in [0.1, 0.15) is 70.4 Å². The van der Waals surface area contributed by atoms with Crippen molar-refractivity contribution >= 4 is 0 Å². The molecule has 0 saturated heterocycles. The predicted molar refractivity (Wildman–Crippen MR) is 79.5 cm³/mol. The maximum atomic E-state index is 4.71. The molecule has 3 heteroatoms. The first-order valence-electron chi connectivity index (χ1n) is 8.66. The van der Waals surface area contributed by atoms with Crippen LogP contribution in [0.2, 0.25) is 0 Å². The minimum absolute atomic E-state index is 0.393. The van der Waals surface area contributed by atoms with Gasteiger partial charge in [-0.1, -0.05) is 6.92 Å². The second-order valence-corrected chi connectivity index (χ2v) is 7.63. The number of aromatic nitrogens is 3. The van der Waals surface area contributed by atoms with Crippen molar-refractivity contribution in [2.24, 2.45) is 17.8 Å². The Bertz CT molecular complexity index is 467. The van der Waals surface area contributed by atoms with E-state index in [1.54, 1.807) is 0 Å². The predicted octanol–water partition coefficient (Wildman–Crippen LogP) is 3.72. The van der Waals surface area contributed by atoms with Gasteiger partial charge in [0.2, 0.25) is 0 Å². The molecule has 0 N–H and O–H groups in total. The molecule has 0 radical (unpaired) electrons. The van der Waals surface area contributed by atoms with Gasteiger partial charge in [0.05, 0.1) is 0 Å². The van der Waals surface area contributed by atoms with E-state index in [1.807, 2.05) is 0 Å². The van der Waals surface area contributed by atoms with Crippen LogP contribution >= 0.6 is 0 Å². The molecule has 1 aromatic heterocycles. The monoisotopic (exact) mass is 273 g/mol. The van der Waals surface area contributed by atoms with Gasteiger partial charge in [-0.2, -0.15) is 0 Å². The van der Waals surface area contributed by atoms with Gasteiger partial charge in [-0.05, 0) is 69.6 Å². The van der Waals surface area contributed by atoms with Gasteiger partial charge in [-0.15, -0.1) is 10.2 Å². The molecule has 4 bridgehead atoms. The molecular weight excluding hydrogens is 246 g/mol. The van der Waals surface area contributed by atoms with Crippen LogP contribution in [0.3, 0.4) is 0 Å². The normalized spacial score (nSPS) is 38.6. The minimum atomic E-state index is 0.393. The number of nitrogens with zero attached hydrogens (tertiary/aromatic N) is 3. The van der Waals surface area contributed by atoms with Crippen LogP contribution < -0.4 is 0 Å². The zero-order valence-electron chi connectivity index (χ0n) is 12.9. The summed E-state index contributed by atoms with van der Waals surface area (Å²) >= 11 is 0. The summed E-state index contributed by atoms with van der Waals surface area (Å²) in [5.74, 6) is 5.52. The fraction of sp³-hybridized carbons (Fsp3) is 0.882. The Balaban J connectivity index is 1.73. The van der Waals surface area contributed by atoms with E-state index < -0.39 is 0 Å². The molecule has 1 aromatic rings. The van der Waals surface area contributed by atoms with Crippen molar-refractivity contribution in [2.45, 2.75) is 77.2 Å². The van der Waals surface area contributed by atoms with Crippen LogP contribution in [0.25, 0.3) is 0 Å². The first-order valence-corrected chi connectivity index (χ1v) is 8.66. The highest BCUT2D eigenvalue weighted by Gasteiger charge is 2.53. The second kappa shape index (κ2) is 4.57. The van der Waals surface area contributed by atoms with Crippen molar-refractivity contribution in [3.8, 4) is 0 Å². The zero-order valence-corrected chi connectivity index (χ0v) is 12.9. The molecule has 5 rings (SSSR count). The Morgan fingerprint density at radius 1 is 1.00 bits per heavy atom. The molecule has 4 aliphatic rings. The number of hydrogen-bond donors (Lipinski definition) is 0. The molecule has 0 amide bonds. The summed E-state index contributed by atoms with van der Waals surface area (Å²) in [5.41, 5.74) is 0.393. The lowest BCUT2D eigenvalue weighted by atomic mass is 9.49. The highest BCUT2D eigenvalue weighted by molar-refractivity contribution is 5.19. The number of aryl methyl sites for hydroxylation is 1. The van der Waals surface area contributed by atoms with Crippen LogP contribution in [0, 0.1) is 17.8 Å². The quantitative estimate of drug-likeness (QED) is 0.837. The average molecular weight is 273 g/mol. The van der Waals surface area contributed by atoms with Gasteiger partial charge in [0.1, 0.15) is 11.6 Å². The van der Waals surface area contributed by atoms with Gasteiger partial charge >= 0.3 is 0 Å². The van der Waals surface area contributed by atoms with E-state index in [-0.39, 0.29) is 0 Å². The molecule has 3 nitrogen and oxygen atoms in total. The van der Waals surface area contributed by atoms with Gasteiger partial charge in [-0.3, -0.25) is 0 Å². The van der Waals surface area contributed by atoms with Crippen LogP contribution in [0.15, 0.2) is 0 Å². The molecule has 20 heavy (non-hydrogen) atoms. The molecule has 0 spiro atoms. The van der Waals surface area contributed by atoms with E-state index in [9.17, 15) is 0 Å². The fourth-order valence-electron chi connectivity index (χ4n) is 5.85. The van der Waals surface area contributed by atoms with E-state index in [1.165, 1.54) is 56.6 Å². The Morgan fingerprint density at radius 2 is 1.60 bits per heavy atom. The molecular formula is C17H27N3. The highest BCUT2D eigenvalue weighted by Crippen LogP contribution is 2.60. The van der Waals surface area contributed by atoms with Gasteiger partial charge in [0.15, 0.2) is 0 Å². The summed E-state index contributed by atoms with van der Waals surface area (Å²) in [6, 6.07) is 0. The summed E-state index contributed by atoms with van der Waals surface area (Å²) in [4.78, 5) is 0. The van der Waals surface area contributed by atoms with Crippen molar-refractivity contribution < 1.29 is 0 Å². The largest absolute Gasteiger partial charge is 0.315 e. The lowest BCUT2D eigenvalue weighted by Crippen LogP contribution is -2.49. The third-order valence-corrected chi connectivity index (χ3v) is 6.13. The third-order valence-electron chi connectivity index (χ3n) is 6.13. The Kier molecular flexibility index (Phi) is 2.94. The van der Waals surface area contributed by atoms with Gasteiger partial charge in [0.25, 0.3) is 0 Å². The molecule has 1 heterocycles. The first-order chi connectivity index (χ1) is 9.74. The summed E-state index contributed by atoms with van der Waals surface area (Å²) < 4.78 is 2.46. The van der Waals surface area contributed by atoms with E-state index in [0.29, 0.717) is 5.41 Å². The van der Waals surface area contributed by atoms with E-state index in [2.05, 4.69) is 23.5 Å². The first kappa shape index (κ1) is 12.8. The Hall–Kier alpha value is -0.860. The zero-order chi connectivity index (χ0) is 13.7. The van der Waals surface area contributed by atoms with Crippen LogP contribution in [-0.4, -0.2) is 14.8 Å². The SMILES string of the molecule is CCCc1nnc(C23CC4CC(CC(C4)C2)C3)n1CC. The van der Waals surface area contributed by atoms with Crippen molar-refractivity contribution in [1.29, 1.82) is 0 Å². The van der Waals surface area contributed by atoms with Crippen LogP contribution in [0.4, 0.5) is 0 Å². The summed E-state index contributed by atoms with van der Waals surface area (Å²) in [6.07, 6.45) is 10.9. The lowest BCUT2D eigenvalue weighted by Gasteiger charge is -2.56. The highest BCUT2D eigenvalue weighted by atomic mass is 15.3. The maximum absolute atomic E-state index is 4.71. The molecule has 0 aliphatic heterocycles. The molecule has 4 aliphatic carbocycles. The lowest BCUT2D eigenvalue weighted by molar-refractivity contribution is -0.0111. The molecule has 4 fully saturated rings. The Labute approximate surface area is 122 Å². The van der Waals surface area contributed by atoms with Gasteiger partial charge in [0, 0.05) is 18.4 Å². The average Bonchev–Trinajstić information content (AvgIpc) is 2.81. The summed E-state index contributed by atoms with van der Waals surface area (Å²) in [5, 5.41) is 9.26. The second-order valence-electron chi connectivity index (χ2n) is 7.63. The smallest absolute Gasteiger partial charge is 0.139 e. The Morgan fingerprint density at radius 3 is 2.10 bits per heavy atom. The van der Waals surface area contributed by atoms with E-state index in [4.69, 9.17) is 5.10 Å².